The third kappa shape index (κ3) is 3.28. The molecule has 1 aromatic rings. The minimum Gasteiger partial charge on any atom is -0.314 e. The van der Waals surface area contributed by atoms with Crippen LogP contribution in [0.1, 0.15) is 31.9 Å². The molecule has 106 valence electrons. The van der Waals surface area contributed by atoms with Crippen molar-refractivity contribution in [1.82, 2.24) is 10.2 Å². The van der Waals surface area contributed by atoms with Crippen LogP contribution in [0.2, 0.25) is 5.02 Å². The smallest absolute Gasteiger partial charge is 0.129 e. The lowest BCUT2D eigenvalue weighted by molar-refractivity contribution is 0.125. The molecule has 2 rings (SSSR count). The molecule has 0 aliphatic carbocycles. The molecule has 1 N–H and O–H groups in total. The lowest BCUT2D eigenvalue weighted by Crippen LogP contribution is -2.46. The monoisotopic (exact) mass is 284 g/mol. The molecule has 1 aliphatic rings. The molecule has 19 heavy (non-hydrogen) atoms. The molecular formula is C15H22ClFN2. The molecule has 0 aromatic heterocycles. The quantitative estimate of drug-likeness (QED) is 0.911. The number of piperazine rings is 1. The van der Waals surface area contributed by atoms with Gasteiger partial charge in [0.2, 0.25) is 0 Å². The molecule has 0 radical (unpaired) electrons. The van der Waals surface area contributed by atoms with Crippen LogP contribution < -0.4 is 5.32 Å². The third-order valence-electron chi connectivity index (χ3n) is 4.02. The predicted octanol–water partition coefficient (Wildman–Crippen LogP) is 3.47. The maximum absolute atomic E-state index is 14.2. The van der Waals surface area contributed by atoms with Crippen molar-refractivity contribution < 1.29 is 4.39 Å². The van der Waals surface area contributed by atoms with E-state index >= 15 is 0 Å². The van der Waals surface area contributed by atoms with Crippen LogP contribution in [0.3, 0.4) is 0 Å². The van der Waals surface area contributed by atoms with Crippen molar-refractivity contribution >= 4 is 11.6 Å². The van der Waals surface area contributed by atoms with Crippen LogP contribution in [0.25, 0.3) is 0 Å². The summed E-state index contributed by atoms with van der Waals surface area (Å²) in [5, 5.41) is 3.88. The van der Waals surface area contributed by atoms with Crippen LogP contribution in [0.15, 0.2) is 18.2 Å². The van der Waals surface area contributed by atoms with Gasteiger partial charge in [-0.1, -0.05) is 37.9 Å². The topological polar surface area (TPSA) is 15.3 Å². The van der Waals surface area contributed by atoms with Crippen LogP contribution in [0, 0.1) is 11.7 Å². The highest BCUT2D eigenvalue weighted by Crippen LogP contribution is 2.36. The fourth-order valence-electron chi connectivity index (χ4n) is 2.80. The number of rotatable bonds is 4. The first-order valence-electron chi connectivity index (χ1n) is 7.03. The minimum absolute atomic E-state index is 0.0702. The van der Waals surface area contributed by atoms with E-state index in [-0.39, 0.29) is 11.9 Å². The van der Waals surface area contributed by atoms with Gasteiger partial charge in [-0.3, -0.25) is 4.90 Å². The second-order valence-electron chi connectivity index (χ2n) is 5.25. The van der Waals surface area contributed by atoms with E-state index in [0.717, 1.165) is 32.6 Å². The summed E-state index contributed by atoms with van der Waals surface area (Å²) in [4.78, 5) is 2.36. The standard InChI is InChI=1S/C15H22ClFN2/c1-3-11(2)15(19-9-7-18-8-10-19)14-12(16)5-4-6-13(14)17/h4-6,11,15,18H,3,7-10H2,1-2H3/t11?,15-/m1/s1. The maximum atomic E-state index is 14.2. The zero-order valence-electron chi connectivity index (χ0n) is 11.6. The molecule has 4 heteroatoms. The average molecular weight is 285 g/mol. The molecule has 0 bridgehead atoms. The van der Waals surface area contributed by atoms with Gasteiger partial charge in [-0.05, 0) is 18.1 Å². The van der Waals surface area contributed by atoms with Crippen molar-refractivity contribution in [1.29, 1.82) is 0 Å². The Labute approximate surface area is 119 Å². The molecule has 1 fully saturated rings. The largest absolute Gasteiger partial charge is 0.314 e. The Hall–Kier alpha value is -0.640. The molecule has 2 nitrogen and oxygen atoms in total. The molecule has 0 amide bonds. The molecule has 2 atom stereocenters. The molecule has 1 saturated heterocycles. The normalized spacial score (nSPS) is 20.2. The first kappa shape index (κ1) is 14.8. The molecular weight excluding hydrogens is 263 g/mol. The van der Waals surface area contributed by atoms with Gasteiger partial charge in [0, 0.05) is 42.8 Å². The van der Waals surface area contributed by atoms with E-state index in [2.05, 4.69) is 24.1 Å². The first-order chi connectivity index (χ1) is 9.15. The lowest BCUT2D eigenvalue weighted by Gasteiger charge is -2.38. The number of halogens is 2. The van der Waals surface area contributed by atoms with E-state index < -0.39 is 0 Å². The van der Waals surface area contributed by atoms with E-state index in [0.29, 0.717) is 16.5 Å². The highest BCUT2D eigenvalue weighted by atomic mass is 35.5. The molecule has 1 aliphatic heterocycles. The molecule has 0 saturated carbocycles. The van der Waals surface area contributed by atoms with Gasteiger partial charge in [0.15, 0.2) is 0 Å². The van der Waals surface area contributed by atoms with E-state index in [1.54, 1.807) is 12.1 Å². The number of nitrogens with one attached hydrogen (secondary N) is 1. The van der Waals surface area contributed by atoms with Gasteiger partial charge in [-0.15, -0.1) is 0 Å². The number of hydrogen-bond donors (Lipinski definition) is 1. The highest BCUT2D eigenvalue weighted by Gasteiger charge is 2.30. The van der Waals surface area contributed by atoms with Crippen molar-refractivity contribution in [3.8, 4) is 0 Å². The second kappa shape index (κ2) is 6.69. The van der Waals surface area contributed by atoms with Crippen molar-refractivity contribution in [3.63, 3.8) is 0 Å². The van der Waals surface area contributed by atoms with Crippen molar-refractivity contribution in [2.24, 2.45) is 5.92 Å². The Bertz CT molecular complexity index is 398. The highest BCUT2D eigenvalue weighted by molar-refractivity contribution is 6.31. The lowest BCUT2D eigenvalue weighted by atomic mass is 9.90. The first-order valence-corrected chi connectivity index (χ1v) is 7.41. The summed E-state index contributed by atoms with van der Waals surface area (Å²) in [6.07, 6.45) is 1.01. The summed E-state index contributed by atoms with van der Waals surface area (Å²) in [6.45, 7) is 8.13. The zero-order chi connectivity index (χ0) is 13.8. The summed E-state index contributed by atoms with van der Waals surface area (Å²) < 4.78 is 14.2. The SMILES string of the molecule is CCC(C)[C@H](c1c(F)cccc1Cl)N1CCNCC1. The van der Waals surface area contributed by atoms with Gasteiger partial charge in [0.25, 0.3) is 0 Å². The van der Waals surface area contributed by atoms with Gasteiger partial charge in [-0.25, -0.2) is 4.39 Å². The molecule has 1 heterocycles. The predicted molar refractivity (Wildman–Crippen MR) is 78.0 cm³/mol. The van der Waals surface area contributed by atoms with Crippen LogP contribution in [0.4, 0.5) is 4.39 Å². The maximum Gasteiger partial charge on any atom is 0.129 e. The number of hydrogen-bond acceptors (Lipinski definition) is 2. The Kier molecular flexibility index (Phi) is 5.20. The van der Waals surface area contributed by atoms with E-state index in [4.69, 9.17) is 11.6 Å². The van der Waals surface area contributed by atoms with Crippen LogP contribution in [-0.2, 0) is 0 Å². The van der Waals surface area contributed by atoms with E-state index in [1.807, 2.05) is 0 Å². The summed E-state index contributed by atoms with van der Waals surface area (Å²) >= 11 is 6.26. The Morgan fingerprint density at radius 3 is 2.63 bits per heavy atom. The summed E-state index contributed by atoms with van der Waals surface area (Å²) in [6, 6.07) is 5.05. The Morgan fingerprint density at radius 2 is 2.05 bits per heavy atom. The Morgan fingerprint density at radius 1 is 1.37 bits per heavy atom. The van der Waals surface area contributed by atoms with E-state index in [1.165, 1.54) is 6.07 Å². The summed E-state index contributed by atoms with van der Waals surface area (Å²) in [7, 11) is 0. The van der Waals surface area contributed by atoms with Crippen molar-refractivity contribution in [3.05, 3.63) is 34.6 Å². The summed E-state index contributed by atoms with van der Waals surface area (Å²) in [5.74, 6) is 0.198. The molecule has 0 spiro atoms. The van der Waals surface area contributed by atoms with Gasteiger partial charge < -0.3 is 5.32 Å². The van der Waals surface area contributed by atoms with Crippen LogP contribution >= 0.6 is 11.6 Å². The minimum atomic E-state index is -0.184. The fraction of sp³-hybridized carbons (Fsp3) is 0.600. The van der Waals surface area contributed by atoms with Gasteiger partial charge in [-0.2, -0.15) is 0 Å². The number of benzene rings is 1. The van der Waals surface area contributed by atoms with Crippen LogP contribution in [0.5, 0.6) is 0 Å². The average Bonchev–Trinajstić information content (AvgIpc) is 2.43. The number of nitrogens with zero attached hydrogens (tertiary/aromatic N) is 1. The van der Waals surface area contributed by atoms with Gasteiger partial charge in [0.1, 0.15) is 5.82 Å². The zero-order valence-corrected chi connectivity index (χ0v) is 12.4. The second-order valence-corrected chi connectivity index (χ2v) is 5.66. The fourth-order valence-corrected chi connectivity index (χ4v) is 3.08. The molecule has 1 aromatic carbocycles. The van der Waals surface area contributed by atoms with E-state index in [9.17, 15) is 4.39 Å². The van der Waals surface area contributed by atoms with Crippen molar-refractivity contribution in [2.45, 2.75) is 26.3 Å². The summed E-state index contributed by atoms with van der Waals surface area (Å²) in [5.41, 5.74) is 0.667. The van der Waals surface area contributed by atoms with Crippen molar-refractivity contribution in [2.75, 3.05) is 26.2 Å². The third-order valence-corrected chi connectivity index (χ3v) is 4.35. The van der Waals surface area contributed by atoms with Gasteiger partial charge >= 0.3 is 0 Å². The van der Waals surface area contributed by atoms with Crippen LogP contribution in [-0.4, -0.2) is 31.1 Å². The Balaban J connectivity index is 2.36. The van der Waals surface area contributed by atoms with Gasteiger partial charge in [0.05, 0.1) is 0 Å². The molecule has 1 unspecified atom stereocenters.